The summed E-state index contributed by atoms with van der Waals surface area (Å²) in [6.07, 6.45) is 1.84. The highest BCUT2D eigenvalue weighted by atomic mass is 32.2. The normalized spacial score (nSPS) is 11.3. The molecule has 0 saturated heterocycles. The van der Waals surface area contributed by atoms with E-state index in [9.17, 15) is 17.6 Å². The van der Waals surface area contributed by atoms with Gasteiger partial charge in [-0.1, -0.05) is 30.3 Å². The largest absolute Gasteiger partial charge is 0.298 e. The Balaban J connectivity index is 2.21. The van der Waals surface area contributed by atoms with E-state index in [2.05, 4.69) is 0 Å². The van der Waals surface area contributed by atoms with Gasteiger partial charge in [0.05, 0.1) is 10.6 Å². The summed E-state index contributed by atoms with van der Waals surface area (Å²) in [7, 11) is -3.93. The molecule has 0 atom stereocenters. The number of nitrogens with zero attached hydrogens (tertiary/aromatic N) is 1. The summed E-state index contributed by atoms with van der Waals surface area (Å²) in [5.74, 6) is -0.520. The van der Waals surface area contributed by atoms with Gasteiger partial charge in [-0.25, -0.2) is 16.8 Å². The zero-order valence-corrected chi connectivity index (χ0v) is 12.7. The van der Waals surface area contributed by atoms with E-state index in [-0.39, 0.29) is 10.5 Å². The van der Waals surface area contributed by atoms with Crippen LogP contribution in [-0.4, -0.2) is 18.7 Å². The number of carbonyl (C=O) groups excluding carboxylic acids is 1. The van der Waals surface area contributed by atoms with Crippen molar-refractivity contribution in [1.82, 2.24) is 3.97 Å². The summed E-state index contributed by atoms with van der Waals surface area (Å²) in [5.41, 5.74) is 1.28. The molecule has 0 spiro atoms. The van der Waals surface area contributed by atoms with E-state index in [1.165, 1.54) is 24.4 Å². The smallest absolute Gasteiger partial charge is 0.268 e. The average molecular weight is 329 g/mol. The summed E-state index contributed by atoms with van der Waals surface area (Å²) in [4.78, 5) is 11.0. The highest BCUT2D eigenvalue weighted by Gasteiger charge is 2.21. The number of halogens is 1. The van der Waals surface area contributed by atoms with E-state index >= 15 is 0 Å². The molecule has 4 nitrogen and oxygen atoms in total. The molecule has 3 rings (SSSR count). The van der Waals surface area contributed by atoms with Gasteiger partial charge in [0.2, 0.25) is 0 Å². The van der Waals surface area contributed by atoms with Crippen LogP contribution >= 0.6 is 0 Å². The lowest BCUT2D eigenvalue weighted by molar-refractivity contribution is 0.112. The fourth-order valence-electron chi connectivity index (χ4n) is 2.27. The predicted octanol–water partition coefficient (Wildman–Crippen LogP) is 3.34. The van der Waals surface area contributed by atoms with Gasteiger partial charge in [0, 0.05) is 11.8 Å². The van der Waals surface area contributed by atoms with Gasteiger partial charge in [0.15, 0.2) is 6.29 Å². The molecule has 0 amide bonds. The van der Waals surface area contributed by atoms with Gasteiger partial charge in [-0.3, -0.25) is 4.79 Å². The first-order valence-corrected chi connectivity index (χ1v) is 8.20. The molecule has 6 heteroatoms. The molecule has 0 aliphatic heterocycles. The van der Waals surface area contributed by atoms with Crippen molar-refractivity contribution >= 4 is 16.3 Å². The third kappa shape index (κ3) is 2.80. The van der Waals surface area contributed by atoms with Crippen molar-refractivity contribution in [3.63, 3.8) is 0 Å². The fraction of sp³-hybridized carbons (Fsp3) is 0. The molecular formula is C17H12FNO3S. The molecule has 0 N–H and O–H groups in total. The Kier molecular flexibility index (Phi) is 3.83. The van der Waals surface area contributed by atoms with Crippen LogP contribution in [0.2, 0.25) is 0 Å². The lowest BCUT2D eigenvalue weighted by Crippen LogP contribution is -2.13. The van der Waals surface area contributed by atoms with Gasteiger partial charge in [-0.15, -0.1) is 0 Å². The second-order valence-corrected chi connectivity index (χ2v) is 6.71. The molecule has 3 aromatic rings. The molecular weight excluding hydrogens is 317 g/mol. The van der Waals surface area contributed by atoms with Crippen molar-refractivity contribution < 1.29 is 17.6 Å². The number of hydrogen-bond acceptors (Lipinski definition) is 3. The molecule has 0 bridgehead atoms. The van der Waals surface area contributed by atoms with Crippen LogP contribution < -0.4 is 0 Å². The Bertz CT molecular complexity index is 945. The molecule has 23 heavy (non-hydrogen) atoms. The third-order valence-electron chi connectivity index (χ3n) is 3.38. The Morgan fingerprint density at radius 3 is 2.22 bits per heavy atom. The minimum Gasteiger partial charge on any atom is -0.298 e. The second kappa shape index (κ2) is 5.81. The van der Waals surface area contributed by atoms with Crippen LogP contribution in [0, 0.1) is 5.82 Å². The van der Waals surface area contributed by atoms with E-state index in [0.717, 1.165) is 16.1 Å². The number of rotatable bonds is 4. The number of aromatic nitrogens is 1. The van der Waals surface area contributed by atoms with Gasteiger partial charge < -0.3 is 0 Å². The molecule has 0 saturated carbocycles. The lowest BCUT2D eigenvalue weighted by Gasteiger charge is -2.10. The summed E-state index contributed by atoms with van der Waals surface area (Å²) in [5, 5.41) is 0. The topological polar surface area (TPSA) is 56.1 Å². The number of aldehydes is 1. The van der Waals surface area contributed by atoms with Gasteiger partial charge in [0.1, 0.15) is 5.82 Å². The quantitative estimate of drug-likeness (QED) is 0.690. The van der Waals surface area contributed by atoms with Gasteiger partial charge in [0.25, 0.3) is 10.0 Å². The van der Waals surface area contributed by atoms with Crippen LogP contribution in [0.1, 0.15) is 10.4 Å². The summed E-state index contributed by atoms with van der Waals surface area (Å²) in [6.45, 7) is 0. The zero-order chi connectivity index (χ0) is 16.4. The zero-order valence-electron chi connectivity index (χ0n) is 11.9. The first-order chi connectivity index (χ1) is 11.0. The van der Waals surface area contributed by atoms with Gasteiger partial charge in [-0.2, -0.15) is 0 Å². The maximum absolute atomic E-state index is 13.0. The maximum Gasteiger partial charge on any atom is 0.268 e. The standard InChI is InChI=1S/C17H12FNO3S/c18-15-6-8-16(9-7-15)23(21,22)19-11-13(12-20)10-17(19)14-4-2-1-3-5-14/h1-12H. The number of hydrogen-bond donors (Lipinski definition) is 0. The maximum atomic E-state index is 13.0. The van der Waals surface area contributed by atoms with E-state index in [4.69, 9.17) is 0 Å². The van der Waals surface area contributed by atoms with Crippen molar-refractivity contribution in [2.45, 2.75) is 4.90 Å². The van der Waals surface area contributed by atoms with Crippen LogP contribution in [0.4, 0.5) is 4.39 Å². The Morgan fingerprint density at radius 2 is 1.61 bits per heavy atom. The number of benzene rings is 2. The molecule has 1 aromatic heterocycles. The Morgan fingerprint density at radius 1 is 0.957 bits per heavy atom. The van der Waals surface area contributed by atoms with Gasteiger partial charge >= 0.3 is 0 Å². The van der Waals surface area contributed by atoms with Crippen LogP contribution in [0.25, 0.3) is 11.3 Å². The average Bonchev–Trinajstić information content (AvgIpc) is 3.01. The minimum absolute atomic E-state index is 0.0517. The highest BCUT2D eigenvalue weighted by Crippen LogP contribution is 2.26. The predicted molar refractivity (Wildman–Crippen MR) is 84.2 cm³/mol. The monoisotopic (exact) mass is 329 g/mol. The summed E-state index contributed by atoms with van der Waals surface area (Å²) in [6, 6.07) is 14.9. The molecule has 0 fully saturated rings. The Labute approximate surface area is 132 Å². The molecule has 0 radical (unpaired) electrons. The van der Waals surface area contributed by atoms with E-state index in [1.807, 2.05) is 6.07 Å². The van der Waals surface area contributed by atoms with E-state index in [1.54, 1.807) is 24.3 Å². The fourth-order valence-corrected chi connectivity index (χ4v) is 3.65. The molecule has 0 aliphatic rings. The third-order valence-corrected chi connectivity index (χ3v) is 5.07. The molecule has 0 aliphatic carbocycles. The van der Waals surface area contributed by atoms with Crippen LogP contribution in [0.15, 0.2) is 71.8 Å². The minimum atomic E-state index is -3.93. The van der Waals surface area contributed by atoms with Crippen molar-refractivity contribution in [2.24, 2.45) is 0 Å². The van der Waals surface area contributed by atoms with Crippen LogP contribution in [0.5, 0.6) is 0 Å². The van der Waals surface area contributed by atoms with Crippen molar-refractivity contribution in [3.8, 4) is 11.3 Å². The first-order valence-electron chi connectivity index (χ1n) is 6.76. The second-order valence-electron chi connectivity index (χ2n) is 4.90. The number of carbonyl (C=O) groups is 1. The molecule has 1 heterocycles. The van der Waals surface area contributed by atoms with Crippen molar-refractivity contribution in [3.05, 3.63) is 78.2 Å². The summed E-state index contributed by atoms with van der Waals surface area (Å²) >= 11 is 0. The lowest BCUT2D eigenvalue weighted by atomic mass is 10.1. The van der Waals surface area contributed by atoms with Crippen molar-refractivity contribution in [1.29, 1.82) is 0 Å². The molecule has 0 unspecified atom stereocenters. The Hall–Kier alpha value is -2.73. The van der Waals surface area contributed by atoms with E-state index in [0.29, 0.717) is 17.5 Å². The van der Waals surface area contributed by atoms with Crippen molar-refractivity contribution in [2.75, 3.05) is 0 Å². The van der Waals surface area contributed by atoms with Crippen LogP contribution in [-0.2, 0) is 10.0 Å². The van der Waals surface area contributed by atoms with Gasteiger partial charge in [-0.05, 0) is 35.9 Å². The molecule has 116 valence electrons. The first kappa shape index (κ1) is 15.2. The van der Waals surface area contributed by atoms with E-state index < -0.39 is 15.8 Å². The SMILES string of the molecule is O=Cc1cc(-c2ccccc2)n(S(=O)(=O)c2ccc(F)cc2)c1. The van der Waals surface area contributed by atoms with Crippen LogP contribution in [0.3, 0.4) is 0 Å². The molecule has 2 aromatic carbocycles. The highest BCUT2D eigenvalue weighted by molar-refractivity contribution is 7.90. The summed E-state index contributed by atoms with van der Waals surface area (Å²) < 4.78 is 39.7.